The molecule has 0 fully saturated rings. The molecule has 8 aromatic carbocycles. The normalized spacial score (nSPS) is 19.7. The Bertz CT molecular complexity index is 2750. The molecule has 3 heteroatoms. The summed E-state index contributed by atoms with van der Waals surface area (Å²) in [6.07, 6.45) is -0.484. The van der Waals surface area contributed by atoms with Gasteiger partial charge in [-0.2, -0.15) is 0 Å². The van der Waals surface area contributed by atoms with Gasteiger partial charge in [-0.3, -0.25) is 10.3 Å². The second-order valence-electron chi connectivity index (χ2n) is 14.6. The highest BCUT2D eigenvalue weighted by Crippen LogP contribution is 2.62. The van der Waals surface area contributed by atoms with E-state index in [1.54, 1.807) is 0 Å². The molecule has 52 heavy (non-hydrogen) atoms. The Hall–Kier alpha value is -6.29. The van der Waals surface area contributed by atoms with Gasteiger partial charge in [0.15, 0.2) is 6.10 Å². The third-order valence-electron chi connectivity index (χ3n) is 12.1. The van der Waals surface area contributed by atoms with E-state index in [-0.39, 0.29) is 18.3 Å². The molecule has 4 aliphatic rings. The fraction of sp³-hybridized carbons (Fsp3) is 0.0816. The molecule has 1 spiro atoms. The molecule has 2 aliphatic heterocycles. The third-order valence-corrected chi connectivity index (χ3v) is 12.1. The number of hydrogen-bond acceptors (Lipinski definition) is 3. The summed E-state index contributed by atoms with van der Waals surface area (Å²) < 4.78 is 6.68. The average molecular weight is 665 g/mol. The molecule has 12 rings (SSSR count). The van der Waals surface area contributed by atoms with Crippen molar-refractivity contribution in [1.29, 1.82) is 0 Å². The quantitative estimate of drug-likeness (QED) is 0.191. The van der Waals surface area contributed by atoms with E-state index < -0.39 is 5.41 Å². The number of aliphatic imine (C=N–C) groups is 1. The zero-order chi connectivity index (χ0) is 34.0. The zero-order valence-electron chi connectivity index (χ0n) is 28.3. The smallest absolute Gasteiger partial charge is 0.160 e. The molecule has 0 saturated carbocycles. The van der Waals surface area contributed by atoms with Crippen molar-refractivity contribution in [3.8, 4) is 28.0 Å². The molecule has 0 saturated heterocycles. The molecule has 1 N–H and O–H groups in total. The third kappa shape index (κ3) is 3.65. The molecular weight excluding hydrogens is 633 g/mol. The van der Waals surface area contributed by atoms with Crippen LogP contribution in [0.2, 0.25) is 0 Å². The van der Waals surface area contributed by atoms with Gasteiger partial charge in [0.2, 0.25) is 0 Å². The maximum atomic E-state index is 6.68. The maximum Gasteiger partial charge on any atom is 0.160 e. The van der Waals surface area contributed by atoms with Gasteiger partial charge in [-0.1, -0.05) is 164 Å². The number of nitrogens with one attached hydrogen (secondary N) is 1. The van der Waals surface area contributed by atoms with Crippen molar-refractivity contribution in [1.82, 2.24) is 5.32 Å². The van der Waals surface area contributed by atoms with Gasteiger partial charge < -0.3 is 4.74 Å². The first-order valence-corrected chi connectivity index (χ1v) is 18.2. The SMILES string of the molecule is c1ccc(-c2ccc(C3=NC(c4ccc5c(c4)C4(c6ccccc6-5)c5cccc6ccc7cccc4c7c56)NC4c5ccccc5OC34)cc2)cc1. The van der Waals surface area contributed by atoms with Crippen molar-refractivity contribution in [2.75, 3.05) is 0 Å². The Labute approximate surface area is 301 Å². The number of fused-ring (bicyclic) bond motifs is 10. The number of benzene rings is 8. The molecule has 3 atom stereocenters. The summed E-state index contributed by atoms with van der Waals surface area (Å²) in [5.41, 5.74) is 14.4. The van der Waals surface area contributed by atoms with Crippen LogP contribution in [0, 0.1) is 0 Å². The molecule has 3 nitrogen and oxygen atoms in total. The lowest BCUT2D eigenvalue weighted by atomic mass is 9.70. The monoisotopic (exact) mass is 664 g/mol. The van der Waals surface area contributed by atoms with Gasteiger partial charge in [-0.15, -0.1) is 0 Å². The highest BCUT2D eigenvalue weighted by atomic mass is 16.5. The minimum atomic E-state index is -0.412. The summed E-state index contributed by atoms with van der Waals surface area (Å²) in [6.45, 7) is 0. The van der Waals surface area contributed by atoms with Crippen LogP contribution in [0.15, 0.2) is 175 Å². The fourth-order valence-corrected chi connectivity index (χ4v) is 9.87. The first kappa shape index (κ1) is 28.4. The van der Waals surface area contributed by atoms with Crippen molar-refractivity contribution >= 4 is 27.3 Å². The number of ether oxygens (including phenoxy) is 1. The molecule has 0 amide bonds. The number of nitrogens with zero attached hydrogens (tertiary/aromatic N) is 1. The van der Waals surface area contributed by atoms with E-state index >= 15 is 0 Å². The van der Waals surface area contributed by atoms with Crippen LogP contribution in [-0.4, -0.2) is 11.8 Å². The van der Waals surface area contributed by atoms with Crippen molar-refractivity contribution < 1.29 is 4.74 Å². The Morgan fingerprint density at radius 1 is 0.500 bits per heavy atom. The van der Waals surface area contributed by atoms with E-state index in [1.807, 2.05) is 0 Å². The molecule has 0 bridgehead atoms. The summed E-state index contributed by atoms with van der Waals surface area (Å²) in [6, 6.07) is 62.2. The van der Waals surface area contributed by atoms with Crippen LogP contribution >= 0.6 is 0 Å². The van der Waals surface area contributed by atoms with Gasteiger partial charge in [0.05, 0.1) is 17.2 Å². The van der Waals surface area contributed by atoms with Crippen molar-refractivity contribution in [2.24, 2.45) is 4.99 Å². The molecule has 2 aliphatic carbocycles. The predicted octanol–water partition coefficient (Wildman–Crippen LogP) is 10.9. The summed E-state index contributed by atoms with van der Waals surface area (Å²) in [7, 11) is 0. The molecule has 8 aromatic rings. The molecular formula is C49H32N2O. The van der Waals surface area contributed by atoms with Gasteiger partial charge in [0, 0.05) is 5.56 Å². The maximum absolute atomic E-state index is 6.68. The zero-order valence-corrected chi connectivity index (χ0v) is 28.3. The van der Waals surface area contributed by atoms with Gasteiger partial charge >= 0.3 is 0 Å². The second-order valence-corrected chi connectivity index (χ2v) is 14.6. The van der Waals surface area contributed by atoms with Crippen LogP contribution in [0.5, 0.6) is 5.75 Å². The Kier molecular flexibility index (Phi) is 5.67. The Balaban J connectivity index is 1.06. The van der Waals surface area contributed by atoms with E-state index in [2.05, 4.69) is 175 Å². The van der Waals surface area contributed by atoms with Crippen LogP contribution in [0.1, 0.15) is 51.2 Å². The molecule has 244 valence electrons. The lowest BCUT2D eigenvalue weighted by molar-refractivity contribution is 0.233. The van der Waals surface area contributed by atoms with Gasteiger partial charge in [0.25, 0.3) is 0 Å². The fourth-order valence-electron chi connectivity index (χ4n) is 9.87. The van der Waals surface area contributed by atoms with E-state index in [0.717, 1.165) is 22.6 Å². The number of para-hydroxylation sites is 1. The molecule has 0 radical (unpaired) electrons. The summed E-state index contributed by atoms with van der Waals surface area (Å²) >= 11 is 0. The standard InChI is InChI=1S/C49H32N2O/c1-2-10-29(11-3-1)30-20-24-33(25-21-30)45-47-46(37-15-5-7-19-42(37)52-47)51-48(50-45)34-26-27-36-35-14-4-6-16-38(35)49(41(36)28-34)39-17-8-12-31-22-23-32-13-9-18-40(49)44(32)43(31)39/h1-28,46-48,51H. The predicted molar refractivity (Wildman–Crippen MR) is 210 cm³/mol. The Morgan fingerprint density at radius 3 is 1.92 bits per heavy atom. The van der Waals surface area contributed by atoms with Gasteiger partial charge in [0.1, 0.15) is 11.9 Å². The van der Waals surface area contributed by atoms with Crippen LogP contribution in [-0.2, 0) is 5.41 Å². The van der Waals surface area contributed by atoms with Crippen LogP contribution in [0.25, 0.3) is 43.8 Å². The van der Waals surface area contributed by atoms with E-state index in [4.69, 9.17) is 9.73 Å². The Morgan fingerprint density at radius 2 is 1.13 bits per heavy atom. The molecule has 0 aromatic heterocycles. The minimum Gasteiger partial charge on any atom is -0.482 e. The molecule has 3 unspecified atom stereocenters. The van der Waals surface area contributed by atoms with Crippen molar-refractivity contribution in [2.45, 2.75) is 23.7 Å². The topological polar surface area (TPSA) is 33.6 Å². The first-order chi connectivity index (χ1) is 25.8. The summed E-state index contributed by atoms with van der Waals surface area (Å²) in [5, 5.41) is 9.30. The van der Waals surface area contributed by atoms with Crippen molar-refractivity contribution in [3.63, 3.8) is 0 Å². The van der Waals surface area contributed by atoms with E-state index in [1.165, 1.54) is 71.6 Å². The summed E-state index contributed by atoms with van der Waals surface area (Å²) in [5.74, 6) is 0.924. The lowest BCUT2D eigenvalue weighted by Gasteiger charge is -2.34. The lowest BCUT2D eigenvalue weighted by Crippen LogP contribution is -2.44. The first-order valence-electron chi connectivity index (χ1n) is 18.2. The average Bonchev–Trinajstić information content (AvgIpc) is 3.85. The number of hydrogen-bond donors (Lipinski definition) is 1. The number of rotatable bonds is 3. The molecule has 2 heterocycles. The minimum absolute atomic E-state index is 0.0276. The second kappa shape index (κ2) is 10.4. The van der Waals surface area contributed by atoms with Gasteiger partial charge in [-0.05, 0) is 83.2 Å². The largest absolute Gasteiger partial charge is 0.482 e. The highest BCUT2D eigenvalue weighted by Gasteiger charge is 2.51. The highest BCUT2D eigenvalue weighted by molar-refractivity contribution is 6.17. The summed E-state index contributed by atoms with van der Waals surface area (Å²) in [4.78, 5) is 5.54. The van der Waals surface area contributed by atoms with E-state index in [0.29, 0.717) is 0 Å². The van der Waals surface area contributed by atoms with Crippen LogP contribution in [0.3, 0.4) is 0 Å². The van der Waals surface area contributed by atoms with E-state index in [9.17, 15) is 0 Å². The van der Waals surface area contributed by atoms with Crippen LogP contribution < -0.4 is 10.1 Å². The van der Waals surface area contributed by atoms with Gasteiger partial charge in [-0.25, -0.2) is 0 Å². The van der Waals surface area contributed by atoms with Crippen molar-refractivity contribution in [3.05, 3.63) is 209 Å². The van der Waals surface area contributed by atoms with Crippen LogP contribution in [0.4, 0.5) is 0 Å².